The summed E-state index contributed by atoms with van der Waals surface area (Å²) in [5.74, 6) is 0.537. The number of likely N-dealkylation sites (N-methyl/N-ethyl adjacent to an activating group) is 1. The van der Waals surface area contributed by atoms with Crippen molar-refractivity contribution >= 4 is 11.9 Å². The summed E-state index contributed by atoms with van der Waals surface area (Å²) in [4.78, 5) is 17.5. The van der Waals surface area contributed by atoms with Gasteiger partial charge < -0.3 is 25.0 Å². The quantitative estimate of drug-likeness (QED) is 0.383. The Morgan fingerprint density at radius 2 is 2.26 bits per heavy atom. The highest BCUT2D eigenvalue weighted by atomic mass is 16.5. The van der Waals surface area contributed by atoms with Gasteiger partial charge in [-0.15, -0.1) is 0 Å². The predicted molar refractivity (Wildman–Crippen MR) is 91.6 cm³/mol. The lowest BCUT2D eigenvalue weighted by atomic mass is 10.3. The van der Waals surface area contributed by atoms with Crippen molar-refractivity contribution in [2.45, 2.75) is 32.4 Å². The Hall–Kier alpha value is -1.60. The van der Waals surface area contributed by atoms with Gasteiger partial charge in [0.15, 0.2) is 5.96 Å². The molecule has 1 rings (SSSR count). The van der Waals surface area contributed by atoms with E-state index >= 15 is 0 Å². The van der Waals surface area contributed by atoms with Gasteiger partial charge in [0, 0.05) is 33.3 Å². The number of carbonyl (C=O) groups is 1. The molecule has 0 aromatic carbocycles. The van der Waals surface area contributed by atoms with Crippen molar-refractivity contribution in [3.8, 4) is 0 Å². The number of aliphatic imine (C=N–C) groups is 1. The van der Waals surface area contributed by atoms with Crippen LogP contribution < -0.4 is 10.6 Å². The molecule has 1 amide bonds. The van der Waals surface area contributed by atoms with E-state index in [9.17, 15) is 4.79 Å². The zero-order chi connectivity index (χ0) is 17.2. The number of carbonyl (C=O) groups excluding carboxylic acids is 1. The van der Waals surface area contributed by atoms with Crippen LogP contribution >= 0.6 is 0 Å². The molecule has 132 valence electrons. The molecule has 0 aromatic rings. The van der Waals surface area contributed by atoms with Gasteiger partial charge in [-0.25, -0.2) is 4.99 Å². The first-order valence-corrected chi connectivity index (χ1v) is 7.97. The highest BCUT2D eigenvalue weighted by molar-refractivity contribution is 5.85. The van der Waals surface area contributed by atoms with Crippen molar-refractivity contribution in [3.05, 3.63) is 12.2 Å². The summed E-state index contributed by atoms with van der Waals surface area (Å²) in [6.45, 7) is 10.5. The molecule has 0 spiro atoms. The van der Waals surface area contributed by atoms with Gasteiger partial charge in [-0.3, -0.25) is 4.79 Å². The third-order valence-corrected chi connectivity index (χ3v) is 3.28. The van der Waals surface area contributed by atoms with Crippen LogP contribution in [0.5, 0.6) is 0 Å². The fourth-order valence-electron chi connectivity index (χ4n) is 1.88. The van der Waals surface area contributed by atoms with E-state index in [-0.39, 0.29) is 24.6 Å². The third kappa shape index (κ3) is 8.56. The van der Waals surface area contributed by atoms with Gasteiger partial charge in [-0.1, -0.05) is 12.2 Å². The van der Waals surface area contributed by atoms with E-state index < -0.39 is 0 Å². The molecule has 1 saturated heterocycles. The first-order chi connectivity index (χ1) is 10.9. The number of ether oxygens (including phenoxy) is 2. The summed E-state index contributed by atoms with van der Waals surface area (Å²) in [5, 5.41) is 6.41. The number of rotatable bonds is 8. The van der Waals surface area contributed by atoms with E-state index in [1.54, 1.807) is 14.1 Å². The molecule has 0 saturated carbocycles. The van der Waals surface area contributed by atoms with Crippen molar-refractivity contribution in [2.24, 2.45) is 4.99 Å². The Labute approximate surface area is 139 Å². The van der Waals surface area contributed by atoms with Gasteiger partial charge >= 0.3 is 0 Å². The zero-order valence-electron chi connectivity index (χ0n) is 14.7. The average molecular weight is 326 g/mol. The Morgan fingerprint density at radius 1 is 1.52 bits per heavy atom. The lowest BCUT2D eigenvalue weighted by Gasteiger charge is -2.20. The van der Waals surface area contributed by atoms with E-state index in [2.05, 4.69) is 22.2 Å². The van der Waals surface area contributed by atoms with Gasteiger partial charge in [0.05, 0.1) is 19.3 Å². The molecule has 0 bridgehead atoms. The summed E-state index contributed by atoms with van der Waals surface area (Å²) in [5.41, 5.74) is 0.991. The molecule has 0 aromatic heterocycles. The van der Waals surface area contributed by atoms with Gasteiger partial charge in [-0.05, 0) is 20.3 Å². The summed E-state index contributed by atoms with van der Waals surface area (Å²) >= 11 is 0. The van der Waals surface area contributed by atoms with Gasteiger partial charge in [0.1, 0.15) is 6.54 Å². The fourth-order valence-corrected chi connectivity index (χ4v) is 1.88. The van der Waals surface area contributed by atoms with Gasteiger partial charge in [0.25, 0.3) is 0 Å². The van der Waals surface area contributed by atoms with Crippen LogP contribution in [0.4, 0.5) is 0 Å². The normalized spacial score (nSPS) is 19.3. The van der Waals surface area contributed by atoms with Crippen LogP contribution in [0.25, 0.3) is 0 Å². The largest absolute Gasteiger partial charge is 0.379 e. The van der Waals surface area contributed by atoms with Crippen LogP contribution in [0, 0.1) is 0 Å². The topological polar surface area (TPSA) is 75.2 Å². The van der Waals surface area contributed by atoms with E-state index in [1.807, 2.05) is 13.8 Å². The monoisotopic (exact) mass is 326 g/mol. The second kappa shape index (κ2) is 10.2. The maximum Gasteiger partial charge on any atom is 0.243 e. The molecule has 1 fully saturated rings. The summed E-state index contributed by atoms with van der Waals surface area (Å²) in [7, 11) is 3.43. The number of nitrogens with one attached hydrogen (secondary N) is 2. The molecule has 2 atom stereocenters. The minimum Gasteiger partial charge on any atom is -0.379 e. The van der Waals surface area contributed by atoms with Crippen LogP contribution in [-0.2, 0) is 14.3 Å². The van der Waals surface area contributed by atoms with Crippen LogP contribution in [0.15, 0.2) is 17.1 Å². The van der Waals surface area contributed by atoms with Crippen molar-refractivity contribution in [1.82, 2.24) is 15.5 Å². The molecule has 7 nitrogen and oxygen atoms in total. The molecule has 7 heteroatoms. The third-order valence-electron chi connectivity index (χ3n) is 3.28. The van der Waals surface area contributed by atoms with E-state index in [1.165, 1.54) is 4.90 Å². The standard InChI is InChI=1S/C16H30N4O3/c1-12(2)8-17-16(18-9-15(21)20(4)5)19-13(3)10-23-14-6-7-22-11-14/h13-14H,1,6-11H2,2-5H3,(H2,17,18,19). The van der Waals surface area contributed by atoms with E-state index in [0.29, 0.717) is 25.7 Å². The second-order valence-corrected chi connectivity index (χ2v) is 6.13. The molecule has 1 aliphatic heterocycles. The number of guanidine groups is 1. The van der Waals surface area contributed by atoms with Crippen molar-refractivity contribution in [3.63, 3.8) is 0 Å². The van der Waals surface area contributed by atoms with Crippen molar-refractivity contribution in [2.75, 3.05) is 47.0 Å². The number of hydrogen-bond donors (Lipinski definition) is 2. The van der Waals surface area contributed by atoms with Crippen LogP contribution in [0.1, 0.15) is 20.3 Å². The Kier molecular flexibility index (Phi) is 8.65. The maximum atomic E-state index is 11.7. The van der Waals surface area contributed by atoms with Gasteiger partial charge in [-0.2, -0.15) is 0 Å². The highest BCUT2D eigenvalue weighted by Crippen LogP contribution is 2.08. The lowest BCUT2D eigenvalue weighted by Crippen LogP contribution is -2.45. The molecule has 0 aliphatic carbocycles. The highest BCUT2D eigenvalue weighted by Gasteiger charge is 2.17. The Morgan fingerprint density at radius 3 is 2.83 bits per heavy atom. The molecule has 1 aliphatic rings. The summed E-state index contributed by atoms with van der Waals surface area (Å²) < 4.78 is 11.1. The molecule has 1 heterocycles. The molecular weight excluding hydrogens is 296 g/mol. The predicted octanol–water partition coefficient (Wildman–Crippen LogP) is 0.380. The minimum atomic E-state index is -0.0477. The Bertz CT molecular complexity index is 418. The smallest absolute Gasteiger partial charge is 0.243 e. The van der Waals surface area contributed by atoms with Crippen LogP contribution in [0.2, 0.25) is 0 Å². The molecule has 23 heavy (non-hydrogen) atoms. The lowest BCUT2D eigenvalue weighted by molar-refractivity contribution is -0.127. The first-order valence-electron chi connectivity index (χ1n) is 7.97. The minimum absolute atomic E-state index is 0.0477. The average Bonchev–Trinajstić information content (AvgIpc) is 3.00. The van der Waals surface area contributed by atoms with Crippen LogP contribution in [0.3, 0.4) is 0 Å². The molecule has 0 radical (unpaired) electrons. The summed E-state index contributed by atoms with van der Waals surface area (Å²) in [6, 6.07) is 0.0708. The SMILES string of the molecule is C=C(C)CNC(=NCC(=O)N(C)C)NC(C)COC1CCOC1. The van der Waals surface area contributed by atoms with Crippen molar-refractivity contribution in [1.29, 1.82) is 0 Å². The fraction of sp³-hybridized carbons (Fsp3) is 0.750. The van der Waals surface area contributed by atoms with Gasteiger partial charge in [0.2, 0.25) is 5.91 Å². The number of hydrogen-bond acceptors (Lipinski definition) is 4. The molecule has 2 unspecified atom stereocenters. The van der Waals surface area contributed by atoms with E-state index in [0.717, 1.165) is 18.6 Å². The van der Waals surface area contributed by atoms with Crippen LogP contribution in [-0.4, -0.2) is 75.9 Å². The molecule has 2 N–H and O–H groups in total. The molecular formula is C16H30N4O3. The summed E-state index contributed by atoms with van der Waals surface area (Å²) in [6.07, 6.45) is 1.12. The number of amides is 1. The second-order valence-electron chi connectivity index (χ2n) is 6.13. The number of nitrogens with zero attached hydrogens (tertiary/aromatic N) is 2. The Balaban J connectivity index is 2.47. The van der Waals surface area contributed by atoms with Crippen molar-refractivity contribution < 1.29 is 14.3 Å². The maximum absolute atomic E-state index is 11.7. The first kappa shape index (κ1) is 19.4. The zero-order valence-corrected chi connectivity index (χ0v) is 14.7. The van der Waals surface area contributed by atoms with E-state index in [4.69, 9.17) is 9.47 Å².